The van der Waals surface area contributed by atoms with Crippen LogP contribution in [0.2, 0.25) is 0 Å². The topological polar surface area (TPSA) is 75.1 Å². The van der Waals surface area contributed by atoms with E-state index >= 15 is 0 Å². The highest BCUT2D eigenvalue weighted by atomic mass is 16.4. The van der Waals surface area contributed by atoms with Gasteiger partial charge in [-0.2, -0.15) is 0 Å². The first-order valence-electron chi connectivity index (χ1n) is 7.32. The summed E-state index contributed by atoms with van der Waals surface area (Å²) in [5.41, 5.74) is 0.673. The zero-order chi connectivity index (χ0) is 14.7. The van der Waals surface area contributed by atoms with Gasteiger partial charge in [-0.3, -0.25) is 0 Å². The van der Waals surface area contributed by atoms with E-state index < -0.39 is 5.97 Å². The molecule has 1 aromatic rings. The number of nitrogens with one attached hydrogen (secondary N) is 1. The molecule has 20 heavy (non-hydrogen) atoms. The Kier molecular flexibility index (Phi) is 4.57. The molecule has 0 amide bonds. The summed E-state index contributed by atoms with van der Waals surface area (Å²) >= 11 is 0. The molecular formula is C15H23N3O2. The van der Waals surface area contributed by atoms with Crippen molar-refractivity contribution in [1.82, 2.24) is 9.97 Å². The van der Waals surface area contributed by atoms with Crippen LogP contribution in [0.25, 0.3) is 0 Å². The van der Waals surface area contributed by atoms with E-state index in [1.54, 1.807) is 6.92 Å². The summed E-state index contributed by atoms with van der Waals surface area (Å²) in [4.78, 5) is 19.4. The second-order valence-electron chi connectivity index (χ2n) is 5.94. The number of aromatic nitrogens is 2. The highest BCUT2D eigenvalue weighted by Crippen LogP contribution is 2.31. The summed E-state index contributed by atoms with van der Waals surface area (Å²) in [6.07, 6.45) is 6.28. The number of aromatic carboxylic acids is 1. The van der Waals surface area contributed by atoms with Crippen molar-refractivity contribution in [1.29, 1.82) is 0 Å². The molecule has 2 rings (SSSR count). The molecule has 1 fully saturated rings. The van der Waals surface area contributed by atoms with E-state index in [2.05, 4.69) is 29.1 Å². The Balaban J connectivity index is 2.12. The van der Waals surface area contributed by atoms with E-state index in [1.807, 2.05) is 0 Å². The number of hydrogen-bond acceptors (Lipinski definition) is 4. The van der Waals surface area contributed by atoms with Crippen LogP contribution >= 0.6 is 0 Å². The lowest BCUT2D eigenvalue weighted by molar-refractivity contribution is 0.0695. The first kappa shape index (κ1) is 14.8. The summed E-state index contributed by atoms with van der Waals surface area (Å²) in [6, 6.07) is 0.388. The van der Waals surface area contributed by atoms with Gasteiger partial charge in [-0.1, -0.05) is 26.7 Å². The molecule has 110 valence electrons. The largest absolute Gasteiger partial charge is 0.478 e. The number of carboxylic acid groups (broad SMARTS) is 1. The Hall–Kier alpha value is -1.65. The van der Waals surface area contributed by atoms with Gasteiger partial charge in [0, 0.05) is 12.2 Å². The van der Waals surface area contributed by atoms with E-state index in [1.165, 1.54) is 25.5 Å². The minimum atomic E-state index is -0.980. The minimum absolute atomic E-state index is 0.166. The zero-order valence-electron chi connectivity index (χ0n) is 12.4. The lowest BCUT2D eigenvalue weighted by Crippen LogP contribution is -2.35. The molecular weight excluding hydrogens is 254 g/mol. The van der Waals surface area contributed by atoms with Crippen LogP contribution < -0.4 is 5.32 Å². The van der Waals surface area contributed by atoms with E-state index in [0.29, 0.717) is 29.5 Å². The third-order valence-electron chi connectivity index (χ3n) is 4.20. The molecule has 1 aliphatic carbocycles. The first-order chi connectivity index (χ1) is 9.49. The SMILES string of the molecule is Cc1nc(NC2CCCCC2C(C)C)ncc1C(=O)O. The highest BCUT2D eigenvalue weighted by molar-refractivity contribution is 5.88. The van der Waals surface area contributed by atoms with Crippen LogP contribution in [0.5, 0.6) is 0 Å². The molecule has 1 aromatic heterocycles. The summed E-state index contributed by atoms with van der Waals surface area (Å²) in [7, 11) is 0. The van der Waals surface area contributed by atoms with Crippen molar-refractivity contribution < 1.29 is 9.90 Å². The summed E-state index contributed by atoms with van der Waals surface area (Å²) < 4.78 is 0. The lowest BCUT2D eigenvalue weighted by Gasteiger charge is -2.34. The third kappa shape index (κ3) is 3.26. The van der Waals surface area contributed by atoms with Crippen molar-refractivity contribution in [2.45, 2.75) is 52.5 Å². The number of nitrogens with zero attached hydrogens (tertiary/aromatic N) is 2. The second-order valence-corrected chi connectivity index (χ2v) is 5.94. The van der Waals surface area contributed by atoms with Gasteiger partial charge in [0.1, 0.15) is 0 Å². The number of anilines is 1. The number of hydrogen-bond donors (Lipinski definition) is 2. The fourth-order valence-electron chi connectivity index (χ4n) is 3.05. The van der Waals surface area contributed by atoms with Crippen molar-refractivity contribution in [3.8, 4) is 0 Å². The minimum Gasteiger partial charge on any atom is -0.478 e. The Morgan fingerprint density at radius 3 is 2.70 bits per heavy atom. The third-order valence-corrected chi connectivity index (χ3v) is 4.20. The summed E-state index contributed by atoms with van der Waals surface area (Å²) in [5, 5.41) is 12.4. The Labute approximate surface area is 119 Å². The fourth-order valence-corrected chi connectivity index (χ4v) is 3.05. The molecule has 5 nitrogen and oxygen atoms in total. The average molecular weight is 277 g/mol. The molecule has 2 N–H and O–H groups in total. The van der Waals surface area contributed by atoms with E-state index in [9.17, 15) is 4.79 Å². The van der Waals surface area contributed by atoms with Crippen LogP contribution in [0.15, 0.2) is 6.20 Å². The van der Waals surface area contributed by atoms with Crippen molar-refractivity contribution in [3.05, 3.63) is 17.5 Å². The van der Waals surface area contributed by atoms with Gasteiger partial charge in [-0.15, -0.1) is 0 Å². The smallest absolute Gasteiger partial charge is 0.339 e. The van der Waals surface area contributed by atoms with Crippen LogP contribution in [0.3, 0.4) is 0 Å². The van der Waals surface area contributed by atoms with Crippen LogP contribution in [0, 0.1) is 18.8 Å². The highest BCUT2D eigenvalue weighted by Gasteiger charge is 2.28. The molecule has 0 saturated heterocycles. The van der Waals surface area contributed by atoms with Gasteiger partial charge in [0.15, 0.2) is 0 Å². The first-order valence-corrected chi connectivity index (χ1v) is 7.32. The van der Waals surface area contributed by atoms with Gasteiger partial charge in [0.05, 0.1) is 11.3 Å². The Bertz CT molecular complexity index is 488. The zero-order valence-corrected chi connectivity index (χ0v) is 12.4. The Morgan fingerprint density at radius 2 is 2.10 bits per heavy atom. The fraction of sp³-hybridized carbons (Fsp3) is 0.667. The molecule has 2 atom stereocenters. The van der Waals surface area contributed by atoms with Gasteiger partial charge < -0.3 is 10.4 Å². The van der Waals surface area contributed by atoms with Crippen molar-refractivity contribution in [3.63, 3.8) is 0 Å². The van der Waals surface area contributed by atoms with Crippen LogP contribution in [-0.2, 0) is 0 Å². The van der Waals surface area contributed by atoms with Gasteiger partial charge >= 0.3 is 5.97 Å². The molecule has 0 aromatic carbocycles. The quantitative estimate of drug-likeness (QED) is 0.884. The summed E-state index contributed by atoms with van der Waals surface area (Å²) in [5.74, 6) is 0.829. The van der Waals surface area contributed by atoms with Gasteiger partial charge in [0.2, 0.25) is 5.95 Å². The standard InChI is InChI=1S/C15H23N3O2/c1-9(2)11-6-4-5-7-13(11)18-15-16-8-12(14(19)20)10(3)17-15/h8-9,11,13H,4-7H2,1-3H3,(H,19,20)(H,16,17,18). The molecule has 0 spiro atoms. The molecule has 0 bridgehead atoms. The van der Waals surface area contributed by atoms with E-state index in [4.69, 9.17) is 5.11 Å². The molecule has 0 aliphatic heterocycles. The van der Waals surface area contributed by atoms with Crippen LogP contribution in [-0.4, -0.2) is 27.1 Å². The maximum Gasteiger partial charge on any atom is 0.339 e. The molecule has 2 unspecified atom stereocenters. The lowest BCUT2D eigenvalue weighted by atomic mass is 9.78. The van der Waals surface area contributed by atoms with Crippen molar-refractivity contribution in [2.75, 3.05) is 5.32 Å². The Morgan fingerprint density at radius 1 is 1.40 bits per heavy atom. The predicted molar refractivity (Wildman–Crippen MR) is 77.9 cm³/mol. The number of carbonyl (C=O) groups is 1. The molecule has 0 radical (unpaired) electrons. The number of rotatable bonds is 4. The van der Waals surface area contributed by atoms with Gasteiger partial charge in [-0.05, 0) is 31.6 Å². The van der Waals surface area contributed by atoms with Gasteiger partial charge in [-0.25, -0.2) is 14.8 Å². The number of carboxylic acids is 1. The normalized spacial score (nSPS) is 22.8. The van der Waals surface area contributed by atoms with Crippen molar-refractivity contribution >= 4 is 11.9 Å². The van der Waals surface area contributed by atoms with Crippen LogP contribution in [0.4, 0.5) is 5.95 Å². The van der Waals surface area contributed by atoms with Gasteiger partial charge in [0.25, 0.3) is 0 Å². The van der Waals surface area contributed by atoms with Crippen molar-refractivity contribution in [2.24, 2.45) is 11.8 Å². The van der Waals surface area contributed by atoms with E-state index in [-0.39, 0.29) is 5.56 Å². The molecule has 1 saturated carbocycles. The predicted octanol–water partition coefficient (Wildman–Crippen LogP) is 3.11. The maximum atomic E-state index is 11.0. The monoisotopic (exact) mass is 277 g/mol. The maximum absolute atomic E-state index is 11.0. The van der Waals surface area contributed by atoms with E-state index in [0.717, 1.165) is 6.42 Å². The van der Waals surface area contributed by atoms with Crippen LogP contribution in [0.1, 0.15) is 55.6 Å². The number of aryl methyl sites for hydroxylation is 1. The average Bonchev–Trinajstić information content (AvgIpc) is 2.38. The molecule has 1 aliphatic rings. The second kappa shape index (κ2) is 6.20. The summed E-state index contributed by atoms with van der Waals surface area (Å²) in [6.45, 7) is 6.21. The molecule has 1 heterocycles. The molecule has 5 heteroatoms.